The largest absolute Gasteiger partial charge is 0.502 e. The summed E-state index contributed by atoms with van der Waals surface area (Å²) in [6, 6.07) is 3.65. The van der Waals surface area contributed by atoms with Crippen LogP contribution in [0, 0.1) is 0 Å². The normalized spacial score (nSPS) is 11.3. The van der Waals surface area contributed by atoms with E-state index in [1.165, 1.54) is 0 Å². The maximum Gasteiger partial charge on any atom is 0.207 e. The van der Waals surface area contributed by atoms with Gasteiger partial charge in [-0.3, -0.25) is 0 Å². The van der Waals surface area contributed by atoms with E-state index in [-0.39, 0.29) is 23.0 Å². The summed E-state index contributed by atoms with van der Waals surface area (Å²) < 4.78 is 36.8. The molecule has 0 aliphatic heterocycles. The first-order valence-electron chi connectivity index (χ1n) is 15.3. The van der Waals surface area contributed by atoms with Crippen LogP contribution in [0.3, 0.4) is 0 Å². The third-order valence-corrected chi connectivity index (χ3v) is 6.42. The van der Waals surface area contributed by atoms with Crippen LogP contribution in [-0.2, 0) is 5.41 Å². The predicted octanol–water partition coefficient (Wildman–Crippen LogP) is 8.16. The Bertz CT molecular complexity index is 996. The lowest BCUT2D eigenvalue weighted by Gasteiger charge is -2.33. The molecular weight excluding hydrogens is 524 g/mol. The van der Waals surface area contributed by atoms with Gasteiger partial charge in [-0.1, -0.05) is 55.4 Å². The summed E-state index contributed by atoms with van der Waals surface area (Å²) in [6.45, 7) is 18.7. The fraction of sp³-hybridized carbons (Fsp3) is 0.636. The number of phenols is 2. The second kappa shape index (κ2) is 16.9. The van der Waals surface area contributed by atoms with Crippen molar-refractivity contribution < 1.29 is 38.6 Å². The minimum Gasteiger partial charge on any atom is -0.502 e. The molecule has 8 heteroatoms. The van der Waals surface area contributed by atoms with Gasteiger partial charge < -0.3 is 38.6 Å². The van der Waals surface area contributed by atoms with Crippen LogP contribution in [0.1, 0.15) is 105 Å². The Morgan fingerprint density at radius 2 is 0.732 bits per heavy atom. The van der Waals surface area contributed by atoms with Crippen LogP contribution in [0.25, 0.3) is 0 Å². The van der Waals surface area contributed by atoms with E-state index in [2.05, 4.69) is 0 Å². The zero-order valence-electron chi connectivity index (χ0n) is 26.5. The van der Waals surface area contributed by atoms with Crippen LogP contribution in [0.5, 0.6) is 46.0 Å². The van der Waals surface area contributed by atoms with E-state index < -0.39 is 5.41 Å². The van der Waals surface area contributed by atoms with Gasteiger partial charge >= 0.3 is 0 Å². The zero-order valence-corrected chi connectivity index (χ0v) is 26.5. The summed E-state index contributed by atoms with van der Waals surface area (Å²) in [5.74, 6) is 1.92. The van der Waals surface area contributed by atoms with Crippen molar-refractivity contribution in [3.8, 4) is 46.0 Å². The highest BCUT2D eigenvalue weighted by atomic mass is 16.5. The molecular formula is C33H52O8. The molecule has 0 heterocycles. The lowest BCUT2D eigenvalue weighted by Crippen LogP contribution is -2.23. The Kier molecular flexibility index (Phi) is 14.1. The van der Waals surface area contributed by atoms with E-state index in [9.17, 15) is 10.2 Å². The number of aromatic hydroxyl groups is 2. The molecule has 2 aromatic carbocycles. The van der Waals surface area contributed by atoms with Gasteiger partial charge in [-0.15, -0.1) is 0 Å². The molecule has 0 saturated heterocycles. The quantitative estimate of drug-likeness (QED) is 0.163. The highest BCUT2D eigenvalue weighted by molar-refractivity contribution is 5.69. The van der Waals surface area contributed by atoms with Crippen molar-refractivity contribution in [3.63, 3.8) is 0 Å². The minimum absolute atomic E-state index is 0.0790. The van der Waals surface area contributed by atoms with Crippen molar-refractivity contribution >= 4 is 0 Å². The third kappa shape index (κ3) is 8.43. The fourth-order valence-electron chi connectivity index (χ4n) is 4.30. The number of phenolic OH excluding ortho intramolecular Hbond substituents is 2. The molecule has 2 aromatic rings. The number of rotatable bonds is 20. The van der Waals surface area contributed by atoms with Gasteiger partial charge in [0.25, 0.3) is 0 Å². The Morgan fingerprint density at radius 3 is 1.02 bits per heavy atom. The van der Waals surface area contributed by atoms with Crippen LogP contribution >= 0.6 is 0 Å². The zero-order chi connectivity index (χ0) is 30.4. The molecule has 0 atom stereocenters. The Hall–Kier alpha value is -3.16. The second-order valence-corrected chi connectivity index (χ2v) is 10.6. The average Bonchev–Trinajstić information content (AvgIpc) is 2.96. The molecule has 0 aliphatic rings. The first-order chi connectivity index (χ1) is 19.7. The summed E-state index contributed by atoms with van der Waals surface area (Å²) in [5, 5.41) is 22.5. The van der Waals surface area contributed by atoms with Crippen LogP contribution < -0.4 is 28.4 Å². The Morgan fingerprint density at radius 1 is 0.463 bits per heavy atom. The van der Waals surface area contributed by atoms with Gasteiger partial charge in [-0.25, -0.2) is 0 Å². The van der Waals surface area contributed by atoms with Crippen molar-refractivity contribution in [1.29, 1.82) is 0 Å². The number of hydrogen-bond acceptors (Lipinski definition) is 8. The molecule has 2 rings (SSSR count). The van der Waals surface area contributed by atoms with Gasteiger partial charge in [0, 0.05) is 16.5 Å². The monoisotopic (exact) mass is 576 g/mol. The van der Waals surface area contributed by atoms with Crippen LogP contribution in [0.4, 0.5) is 0 Å². The molecule has 0 aliphatic carbocycles. The molecule has 0 amide bonds. The van der Waals surface area contributed by atoms with Gasteiger partial charge in [0.1, 0.15) is 0 Å². The van der Waals surface area contributed by atoms with E-state index >= 15 is 0 Å². The molecule has 0 aromatic heterocycles. The standard InChI is InChI=1S/C33H52O8/c1-9-15-36-25-21-23(29(38-17-11-3)31(27(25)34)40-19-13-5)33(7,8)24-22-26(37-16-10-2)28(35)32(41-20-14-6)30(24)39-18-12-4/h21-22,34-35H,9-20H2,1-8H3. The SMILES string of the molecule is CCCOc1cc(C(C)(C)c2cc(OCCC)c(O)c(OCCC)c2OCCC)c(OCCC)c(OCCC)c1O. The van der Waals surface area contributed by atoms with Gasteiger partial charge in [-0.2, -0.15) is 0 Å². The van der Waals surface area contributed by atoms with Crippen LogP contribution in [0.15, 0.2) is 12.1 Å². The first-order valence-corrected chi connectivity index (χ1v) is 15.3. The molecule has 0 spiro atoms. The summed E-state index contributed by atoms with van der Waals surface area (Å²) >= 11 is 0. The average molecular weight is 577 g/mol. The van der Waals surface area contributed by atoms with Crippen LogP contribution in [0.2, 0.25) is 0 Å². The molecule has 0 unspecified atom stereocenters. The smallest absolute Gasteiger partial charge is 0.207 e. The molecule has 0 fully saturated rings. The summed E-state index contributed by atoms with van der Waals surface area (Å²) in [6.07, 6.45) is 4.62. The number of ether oxygens (including phenoxy) is 6. The van der Waals surface area contributed by atoms with Gasteiger partial charge in [0.2, 0.25) is 23.0 Å². The highest BCUT2D eigenvalue weighted by Crippen LogP contribution is 2.56. The van der Waals surface area contributed by atoms with Crippen molar-refractivity contribution in [3.05, 3.63) is 23.3 Å². The Labute approximate surface area is 246 Å². The summed E-state index contributed by atoms with van der Waals surface area (Å²) in [7, 11) is 0. The third-order valence-electron chi connectivity index (χ3n) is 6.42. The molecule has 2 N–H and O–H groups in total. The lowest BCUT2D eigenvalue weighted by atomic mass is 9.76. The van der Waals surface area contributed by atoms with Crippen molar-refractivity contribution in [2.75, 3.05) is 39.6 Å². The Balaban J connectivity index is 2.97. The molecule has 8 nitrogen and oxygen atoms in total. The van der Waals surface area contributed by atoms with E-state index in [1.54, 1.807) is 0 Å². The fourth-order valence-corrected chi connectivity index (χ4v) is 4.30. The van der Waals surface area contributed by atoms with Gasteiger partial charge in [0.15, 0.2) is 23.0 Å². The summed E-state index contributed by atoms with van der Waals surface area (Å²) in [5.41, 5.74) is 0.698. The number of benzene rings is 2. The van der Waals surface area contributed by atoms with Crippen molar-refractivity contribution in [2.45, 2.75) is 99.3 Å². The lowest BCUT2D eigenvalue weighted by molar-refractivity contribution is 0.237. The van der Waals surface area contributed by atoms with E-state index in [0.29, 0.717) is 62.6 Å². The van der Waals surface area contributed by atoms with Crippen molar-refractivity contribution in [2.24, 2.45) is 0 Å². The van der Waals surface area contributed by atoms with E-state index in [1.807, 2.05) is 67.5 Å². The highest BCUT2D eigenvalue weighted by Gasteiger charge is 2.37. The first kappa shape index (κ1) is 34.0. The molecule has 0 bridgehead atoms. The predicted molar refractivity (Wildman–Crippen MR) is 163 cm³/mol. The second-order valence-electron chi connectivity index (χ2n) is 10.6. The summed E-state index contributed by atoms with van der Waals surface area (Å²) in [4.78, 5) is 0. The molecule has 41 heavy (non-hydrogen) atoms. The molecule has 0 saturated carbocycles. The van der Waals surface area contributed by atoms with Gasteiger partial charge in [0.05, 0.1) is 39.6 Å². The van der Waals surface area contributed by atoms with E-state index in [4.69, 9.17) is 28.4 Å². The minimum atomic E-state index is -0.795. The molecule has 0 radical (unpaired) electrons. The topological polar surface area (TPSA) is 95.8 Å². The van der Waals surface area contributed by atoms with Gasteiger partial charge in [-0.05, 0) is 50.7 Å². The van der Waals surface area contributed by atoms with Crippen molar-refractivity contribution in [1.82, 2.24) is 0 Å². The van der Waals surface area contributed by atoms with Crippen LogP contribution in [-0.4, -0.2) is 49.9 Å². The molecule has 232 valence electrons. The number of hydrogen-bond donors (Lipinski definition) is 2. The maximum absolute atomic E-state index is 11.2. The van der Waals surface area contributed by atoms with E-state index in [0.717, 1.165) is 49.7 Å². The maximum atomic E-state index is 11.2.